The van der Waals surface area contributed by atoms with E-state index in [1.54, 1.807) is 0 Å². The van der Waals surface area contributed by atoms with Gasteiger partial charge < -0.3 is 0 Å². The predicted octanol–water partition coefficient (Wildman–Crippen LogP) is 5.60. The zero-order valence-corrected chi connectivity index (χ0v) is 14.5. The van der Waals surface area contributed by atoms with E-state index in [4.69, 9.17) is 0 Å². The van der Waals surface area contributed by atoms with Crippen molar-refractivity contribution in [1.82, 2.24) is 0 Å². The summed E-state index contributed by atoms with van der Waals surface area (Å²) in [6.45, 7) is 6.64. The van der Waals surface area contributed by atoms with Crippen molar-refractivity contribution in [2.75, 3.05) is 5.75 Å². The Morgan fingerprint density at radius 2 is 1.67 bits per heavy atom. The SMILES string of the molecule is CCCCCCCCS[n+]1c(C)ccc2cc(C)ccc21. The Labute approximate surface area is 133 Å². The minimum atomic E-state index is 1.21. The number of hydrogen-bond donors (Lipinski definition) is 0. The summed E-state index contributed by atoms with van der Waals surface area (Å²) in [5.74, 6) is 1.21. The number of aromatic nitrogens is 1. The van der Waals surface area contributed by atoms with Gasteiger partial charge in [-0.25, -0.2) is 0 Å². The van der Waals surface area contributed by atoms with Gasteiger partial charge in [0.15, 0.2) is 17.6 Å². The fraction of sp³-hybridized carbons (Fsp3) is 0.526. The van der Waals surface area contributed by atoms with Crippen LogP contribution in [0.5, 0.6) is 0 Å². The molecule has 0 atom stereocenters. The Morgan fingerprint density at radius 3 is 2.48 bits per heavy atom. The number of fused-ring (bicyclic) bond motifs is 1. The van der Waals surface area contributed by atoms with Gasteiger partial charge in [0.2, 0.25) is 5.52 Å². The first-order chi connectivity index (χ1) is 10.2. The molecular formula is C19H28NS+. The van der Waals surface area contributed by atoms with E-state index >= 15 is 0 Å². The maximum atomic E-state index is 2.40. The van der Waals surface area contributed by atoms with Crippen LogP contribution in [-0.2, 0) is 0 Å². The van der Waals surface area contributed by atoms with Gasteiger partial charge in [-0.2, -0.15) is 0 Å². The second-order valence-corrected chi connectivity index (χ2v) is 6.96. The van der Waals surface area contributed by atoms with E-state index in [0.717, 1.165) is 0 Å². The van der Waals surface area contributed by atoms with Crippen LogP contribution in [0.2, 0.25) is 0 Å². The molecule has 0 aliphatic rings. The standard InChI is InChI=1S/C19H28NS/c1-4-5-6-7-8-9-14-21-20-17(3)11-12-18-15-16(2)10-13-19(18)20/h10-13,15H,4-9,14H2,1-3H3/q+1. The molecule has 1 heterocycles. The summed E-state index contributed by atoms with van der Waals surface area (Å²) in [7, 11) is 0. The minimum absolute atomic E-state index is 1.21. The first-order valence-electron chi connectivity index (χ1n) is 8.27. The summed E-state index contributed by atoms with van der Waals surface area (Å²) in [4.78, 5) is 0. The lowest BCUT2D eigenvalue weighted by atomic mass is 10.1. The van der Waals surface area contributed by atoms with Crippen LogP contribution in [0, 0.1) is 13.8 Å². The molecule has 1 aromatic heterocycles. The van der Waals surface area contributed by atoms with Crippen molar-refractivity contribution < 1.29 is 3.97 Å². The lowest BCUT2D eigenvalue weighted by Gasteiger charge is -2.03. The van der Waals surface area contributed by atoms with E-state index < -0.39 is 0 Å². The average Bonchev–Trinajstić information content (AvgIpc) is 2.48. The normalized spacial score (nSPS) is 11.2. The van der Waals surface area contributed by atoms with Crippen molar-refractivity contribution in [3.63, 3.8) is 0 Å². The molecule has 0 amide bonds. The second-order valence-electron chi connectivity index (χ2n) is 5.93. The maximum absolute atomic E-state index is 2.40. The zero-order valence-electron chi connectivity index (χ0n) is 13.7. The largest absolute Gasteiger partial charge is 0.226 e. The fourth-order valence-electron chi connectivity index (χ4n) is 2.67. The molecule has 0 radical (unpaired) electrons. The van der Waals surface area contributed by atoms with Crippen LogP contribution < -0.4 is 3.97 Å². The number of benzene rings is 1. The Balaban J connectivity index is 1.93. The molecule has 0 bridgehead atoms. The molecule has 2 aromatic rings. The van der Waals surface area contributed by atoms with Gasteiger partial charge in [-0.15, -0.1) is 3.97 Å². The quantitative estimate of drug-likeness (QED) is 0.453. The molecule has 1 nitrogen and oxygen atoms in total. The summed E-state index contributed by atoms with van der Waals surface area (Å²) >= 11 is 1.96. The van der Waals surface area contributed by atoms with E-state index in [1.165, 1.54) is 66.4 Å². The summed E-state index contributed by atoms with van der Waals surface area (Å²) in [6.07, 6.45) is 8.22. The van der Waals surface area contributed by atoms with Gasteiger partial charge in [0.25, 0.3) is 0 Å². The Bertz CT molecular complexity index is 577. The molecule has 2 rings (SSSR count). The van der Waals surface area contributed by atoms with Crippen molar-refractivity contribution in [1.29, 1.82) is 0 Å². The third-order valence-electron chi connectivity index (χ3n) is 3.94. The summed E-state index contributed by atoms with van der Waals surface area (Å²) in [5, 5.41) is 1.34. The number of pyridine rings is 1. The van der Waals surface area contributed by atoms with E-state index in [1.807, 2.05) is 11.9 Å². The number of aryl methyl sites for hydroxylation is 2. The van der Waals surface area contributed by atoms with E-state index in [9.17, 15) is 0 Å². The topological polar surface area (TPSA) is 3.88 Å². The highest BCUT2D eigenvalue weighted by Gasteiger charge is 2.14. The van der Waals surface area contributed by atoms with Crippen LogP contribution in [0.3, 0.4) is 0 Å². The highest BCUT2D eigenvalue weighted by molar-refractivity contribution is 7.92. The van der Waals surface area contributed by atoms with Crippen LogP contribution in [0.1, 0.15) is 56.7 Å². The van der Waals surface area contributed by atoms with Crippen LogP contribution in [0.4, 0.5) is 0 Å². The molecule has 0 N–H and O–H groups in total. The van der Waals surface area contributed by atoms with Crippen molar-refractivity contribution in [2.45, 2.75) is 59.3 Å². The highest BCUT2D eigenvalue weighted by Crippen LogP contribution is 2.16. The Kier molecular flexibility index (Phi) is 6.56. The number of rotatable bonds is 8. The molecule has 114 valence electrons. The van der Waals surface area contributed by atoms with Crippen LogP contribution in [0.25, 0.3) is 10.9 Å². The van der Waals surface area contributed by atoms with E-state index in [-0.39, 0.29) is 0 Å². The van der Waals surface area contributed by atoms with Gasteiger partial charge in [0, 0.05) is 24.4 Å². The van der Waals surface area contributed by atoms with Crippen LogP contribution in [-0.4, -0.2) is 5.75 Å². The molecule has 2 heteroatoms. The molecular weight excluding hydrogens is 274 g/mol. The van der Waals surface area contributed by atoms with Gasteiger partial charge >= 0.3 is 0 Å². The van der Waals surface area contributed by atoms with Crippen molar-refractivity contribution in [3.8, 4) is 0 Å². The van der Waals surface area contributed by atoms with Crippen molar-refractivity contribution >= 4 is 22.9 Å². The first-order valence-corrected chi connectivity index (χ1v) is 9.22. The van der Waals surface area contributed by atoms with Crippen LogP contribution >= 0.6 is 11.9 Å². The molecule has 1 aromatic carbocycles. The predicted molar refractivity (Wildman–Crippen MR) is 94.8 cm³/mol. The third kappa shape index (κ3) is 4.74. The lowest BCUT2D eigenvalue weighted by Crippen LogP contribution is -2.30. The van der Waals surface area contributed by atoms with Crippen LogP contribution in [0.15, 0.2) is 30.3 Å². The molecule has 21 heavy (non-hydrogen) atoms. The Hall–Kier alpha value is -1.02. The number of unbranched alkanes of at least 4 members (excludes halogenated alkanes) is 5. The molecule has 0 saturated carbocycles. The van der Waals surface area contributed by atoms with Gasteiger partial charge in [0.05, 0.1) is 5.75 Å². The minimum Gasteiger partial charge on any atom is -0.124 e. The molecule has 0 aliphatic heterocycles. The molecule has 0 fully saturated rings. The summed E-state index contributed by atoms with van der Waals surface area (Å²) in [6, 6.07) is 11.2. The zero-order chi connectivity index (χ0) is 15.1. The van der Waals surface area contributed by atoms with Gasteiger partial charge in [-0.1, -0.05) is 50.7 Å². The maximum Gasteiger partial charge on any atom is 0.226 e. The molecule has 0 saturated heterocycles. The smallest absolute Gasteiger partial charge is 0.124 e. The van der Waals surface area contributed by atoms with Gasteiger partial charge in [0.1, 0.15) is 0 Å². The average molecular weight is 303 g/mol. The van der Waals surface area contributed by atoms with Crippen molar-refractivity contribution in [2.24, 2.45) is 0 Å². The van der Waals surface area contributed by atoms with Crippen molar-refractivity contribution in [3.05, 3.63) is 41.6 Å². The third-order valence-corrected chi connectivity index (χ3v) is 5.16. The van der Waals surface area contributed by atoms with E-state index in [2.05, 4.69) is 55.1 Å². The molecule has 0 spiro atoms. The Morgan fingerprint density at radius 1 is 0.905 bits per heavy atom. The monoisotopic (exact) mass is 302 g/mol. The lowest BCUT2D eigenvalue weighted by molar-refractivity contribution is -0.471. The first kappa shape index (κ1) is 16.4. The summed E-state index contributed by atoms with van der Waals surface area (Å²) < 4.78 is 2.40. The summed E-state index contributed by atoms with van der Waals surface area (Å²) in [5.41, 5.74) is 4.01. The van der Waals surface area contributed by atoms with E-state index in [0.29, 0.717) is 0 Å². The number of nitrogens with zero attached hydrogens (tertiary/aromatic N) is 1. The fourth-order valence-corrected chi connectivity index (χ4v) is 3.76. The highest BCUT2D eigenvalue weighted by atomic mass is 32.2. The van der Waals surface area contributed by atoms with Gasteiger partial charge in [-0.05, 0) is 25.5 Å². The van der Waals surface area contributed by atoms with Gasteiger partial charge in [-0.3, -0.25) is 0 Å². The number of hydrogen-bond acceptors (Lipinski definition) is 1. The molecule has 0 aliphatic carbocycles. The second kappa shape index (κ2) is 8.43. The molecule has 0 unspecified atom stereocenters.